The van der Waals surface area contributed by atoms with Crippen molar-refractivity contribution in [1.29, 1.82) is 0 Å². The lowest BCUT2D eigenvalue weighted by atomic mass is 10.1. The van der Waals surface area contributed by atoms with Crippen LogP contribution in [0, 0.1) is 0 Å². The van der Waals surface area contributed by atoms with Crippen molar-refractivity contribution >= 4 is 22.8 Å². The van der Waals surface area contributed by atoms with E-state index in [1.54, 1.807) is 23.0 Å². The molecular weight excluding hydrogens is 264 g/mol. The fourth-order valence-corrected chi connectivity index (χ4v) is 2.25. The standard InChI is InChI=1S/C13H11ClN4O/c1-8(9-3-2-4-15-6-9)18-11-5-10(14)7-16-12(11)17-13(18)19/h2-8H,1H3,(H,16,17,19). The SMILES string of the molecule is CC(c1cccnc1)n1c(O)nc2ncc(Cl)cc21. The van der Waals surface area contributed by atoms with Crippen molar-refractivity contribution in [3.05, 3.63) is 47.4 Å². The maximum absolute atomic E-state index is 10.0. The number of imidazole rings is 1. The highest BCUT2D eigenvalue weighted by Crippen LogP contribution is 2.29. The Bertz CT molecular complexity index is 726. The lowest BCUT2D eigenvalue weighted by molar-refractivity contribution is 0.394. The van der Waals surface area contributed by atoms with Crippen molar-refractivity contribution in [2.75, 3.05) is 0 Å². The molecule has 0 aliphatic carbocycles. The molecule has 3 aromatic heterocycles. The van der Waals surface area contributed by atoms with Gasteiger partial charge in [0.2, 0.25) is 0 Å². The third kappa shape index (κ3) is 2.02. The first kappa shape index (κ1) is 11.9. The Hall–Kier alpha value is -2.14. The summed E-state index contributed by atoms with van der Waals surface area (Å²) < 4.78 is 1.69. The smallest absolute Gasteiger partial charge is 0.296 e. The third-order valence-electron chi connectivity index (χ3n) is 3.05. The van der Waals surface area contributed by atoms with E-state index in [9.17, 15) is 5.11 Å². The average molecular weight is 275 g/mol. The zero-order valence-electron chi connectivity index (χ0n) is 10.2. The van der Waals surface area contributed by atoms with Crippen LogP contribution in [0.2, 0.25) is 5.02 Å². The predicted octanol–water partition coefficient (Wildman–Crippen LogP) is 2.79. The summed E-state index contributed by atoms with van der Waals surface area (Å²) in [7, 11) is 0. The van der Waals surface area contributed by atoms with Crippen molar-refractivity contribution < 1.29 is 5.11 Å². The summed E-state index contributed by atoms with van der Waals surface area (Å²) in [5, 5.41) is 10.5. The largest absolute Gasteiger partial charge is 0.480 e. The molecule has 5 nitrogen and oxygen atoms in total. The molecule has 6 heteroatoms. The summed E-state index contributed by atoms with van der Waals surface area (Å²) in [6, 6.07) is 5.34. The van der Waals surface area contributed by atoms with Crippen molar-refractivity contribution in [2.24, 2.45) is 0 Å². The first-order valence-corrected chi connectivity index (χ1v) is 6.17. The Morgan fingerprint density at radius 3 is 2.95 bits per heavy atom. The fourth-order valence-electron chi connectivity index (χ4n) is 2.10. The maximum atomic E-state index is 10.0. The molecule has 0 saturated heterocycles. The lowest BCUT2D eigenvalue weighted by Crippen LogP contribution is -2.06. The molecule has 3 heterocycles. The molecule has 1 N–H and O–H groups in total. The van der Waals surface area contributed by atoms with Crippen LogP contribution in [0.25, 0.3) is 11.2 Å². The Morgan fingerprint density at radius 1 is 1.37 bits per heavy atom. The van der Waals surface area contributed by atoms with Crippen LogP contribution in [0.4, 0.5) is 0 Å². The van der Waals surface area contributed by atoms with E-state index in [0.29, 0.717) is 16.2 Å². The van der Waals surface area contributed by atoms with Gasteiger partial charge >= 0.3 is 0 Å². The minimum atomic E-state index is -0.112. The second-order valence-electron chi connectivity index (χ2n) is 4.24. The summed E-state index contributed by atoms with van der Waals surface area (Å²) in [4.78, 5) is 12.2. The van der Waals surface area contributed by atoms with Crippen LogP contribution in [0.1, 0.15) is 18.5 Å². The summed E-state index contributed by atoms with van der Waals surface area (Å²) in [5.74, 6) is 0. The molecular formula is C13H11ClN4O. The van der Waals surface area contributed by atoms with Crippen molar-refractivity contribution in [3.63, 3.8) is 0 Å². The topological polar surface area (TPSA) is 63.8 Å². The van der Waals surface area contributed by atoms with Crippen LogP contribution in [-0.2, 0) is 0 Å². The Labute approximate surface area is 114 Å². The molecule has 0 bridgehead atoms. The van der Waals surface area contributed by atoms with Crippen molar-refractivity contribution in [1.82, 2.24) is 19.5 Å². The number of nitrogens with zero attached hydrogens (tertiary/aromatic N) is 4. The normalized spacial score (nSPS) is 12.7. The highest BCUT2D eigenvalue weighted by Gasteiger charge is 2.17. The number of halogens is 1. The number of rotatable bonds is 2. The maximum Gasteiger partial charge on any atom is 0.296 e. The van der Waals surface area contributed by atoms with Gasteiger partial charge in [-0.2, -0.15) is 4.98 Å². The van der Waals surface area contributed by atoms with Crippen LogP contribution < -0.4 is 0 Å². The molecule has 0 aliphatic heterocycles. The summed E-state index contributed by atoms with van der Waals surface area (Å²) in [5.41, 5.74) is 2.14. The van der Waals surface area contributed by atoms with Gasteiger partial charge in [-0.25, -0.2) is 4.98 Å². The molecule has 1 atom stereocenters. The monoisotopic (exact) mass is 274 g/mol. The van der Waals surface area contributed by atoms with E-state index < -0.39 is 0 Å². The van der Waals surface area contributed by atoms with Crippen LogP contribution >= 0.6 is 11.6 Å². The fraction of sp³-hybridized carbons (Fsp3) is 0.154. The van der Waals surface area contributed by atoms with E-state index in [1.165, 1.54) is 6.20 Å². The second kappa shape index (κ2) is 4.51. The third-order valence-corrected chi connectivity index (χ3v) is 3.26. The summed E-state index contributed by atoms with van der Waals surface area (Å²) >= 11 is 5.95. The molecule has 3 rings (SSSR count). The predicted molar refractivity (Wildman–Crippen MR) is 72.3 cm³/mol. The van der Waals surface area contributed by atoms with E-state index >= 15 is 0 Å². The van der Waals surface area contributed by atoms with Gasteiger partial charge in [-0.05, 0) is 24.6 Å². The van der Waals surface area contributed by atoms with E-state index in [-0.39, 0.29) is 12.1 Å². The number of fused-ring (bicyclic) bond motifs is 1. The van der Waals surface area contributed by atoms with Gasteiger partial charge in [-0.1, -0.05) is 17.7 Å². The molecule has 1 unspecified atom stereocenters. The molecule has 0 aliphatic rings. The van der Waals surface area contributed by atoms with Gasteiger partial charge in [0.1, 0.15) is 0 Å². The number of hydrogen-bond donors (Lipinski definition) is 1. The molecule has 0 spiro atoms. The van der Waals surface area contributed by atoms with Crippen molar-refractivity contribution in [3.8, 4) is 6.01 Å². The Morgan fingerprint density at radius 2 is 2.21 bits per heavy atom. The van der Waals surface area contributed by atoms with Crippen LogP contribution in [0.5, 0.6) is 6.01 Å². The molecule has 0 radical (unpaired) electrons. The van der Waals surface area contributed by atoms with E-state index in [0.717, 1.165) is 5.56 Å². The first-order valence-electron chi connectivity index (χ1n) is 5.79. The van der Waals surface area contributed by atoms with Gasteiger partial charge < -0.3 is 5.11 Å². The number of aromatic nitrogens is 4. The van der Waals surface area contributed by atoms with E-state index in [2.05, 4.69) is 15.0 Å². The highest BCUT2D eigenvalue weighted by atomic mass is 35.5. The van der Waals surface area contributed by atoms with Crippen LogP contribution in [-0.4, -0.2) is 24.6 Å². The molecule has 19 heavy (non-hydrogen) atoms. The first-order chi connectivity index (χ1) is 9.16. The molecule has 0 amide bonds. The Kier molecular flexibility index (Phi) is 2.83. The average Bonchev–Trinajstić information content (AvgIpc) is 2.74. The van der Waals surface area contributed by atoms with Gasteiger partial charge in [0.05, 0.1) is 16.6 Å². The summed E-state index contributed by atoms with van der Waals surface area (Å²) in [6.07, 6.45) is 4.98. The zero-order chi connectivity index (χ0) is 13.4. The number of hydrogen-bond acceptors (Lipinski definition) is 4. The van der Waals surface area contributed by atoms with Gasteiger partial charge in [-0.15, -0.1) is 0 Å². The number of pyridine rings is 2. The van der Waals surface area contributed by atoms with E-state index in [1.807, 2.05) is 19.1 Å². The molecule has 0 aromatic carbocycles. The molecule has 3 aromatic rings. The van der Waals surface area contributed by atoms with Gasteiger partial charge in [0, 0.05) is 18.6 Å². The second-order valence-corrected chi connectivity index (χ2v) is 4.68. The van der Waals surface area contributed by atoms with Gasteiger partial charge in [-0.3, -0.25) is 9.55 Å². The van der Waals surface area contributed by atoms with Crippen LogP contribution in [0.3, 0.4) is 0 Å². The Balaban J connectivity index is 2.19. The minimum absolute atomic E-state index is 0.0823. The van der Waals surface area contributed by atoms with Gasteiger partial charge in [0.15, 0.2) is 5.65 Å². The van der Waals surface area contributed by atoms with E-state index in [4.69, 9.17) is 11.6 Å². The molecule has 96 valence electrons. The molecule has 0 saturated carbocycles. The minimum Gasteiger partial charge on any atom is -0.480 e. The van der Waals surface area contributed by atoms with Crippen molar-refractivity contribution in [2.45, 2.75) is 13.0 Å². The highest BCUT2D eigenvalue weighted by molar-refractivity contribution is 6.31. The summed E-state index contributed by atoms with van der Waals surface area (Å²) in [6.45, 7) is 1.96. The quantitative estimate of drug-likeness (QED) is 0.780. The molecule has 0 fully saturated rings. The number of aromatic hydroxyl groups is 1. The lowest BCUT2D eigenvalue weighted by Gasteiger charge is -2.15. The van der Waals surface area contributed by atoms with Crippen LogP contribution in [0.15, 0.2) is 36.8 Å². The van der Waals surface area contributed by atoms with Gasteiger partial charge in [0.25, 0.3) is 6.01 Å². The zero-order valence-corrected chi connectivity index (χ0v) is 10.9.